The Morgan fingerprint density at radius 2 is 1.92 bits per heavy atom. The predicted molar refractivity (Wildman–Crippen MR) is 93.9 cm³/mol. The molecular formula is C19H18N4O. The van der Waals surface area contributed by atoms with Gasteiger partial charge in [-0.3, -0.25) is 4.57 Å². The molecule has 2 aromatic carbocycles. The summed E-state index contributed by atoms with van der Waals surface area (Å²) in [5, 5.41) is 3.24. The average Bonchev–Trinajstić information content (AvgIpc) is 3.27. The molecule has 0 unspecified atom stereocenters. The van der Waals surface area contributed by atoms with Gasteiger partial charge in [0.25, 0.3) is 0 Å². The number of hydrogen-bond donors (Lipinski definition) is 1. The molecule has 0 bridgehead atoms. The molecule has 0 amide bonds. The topological polar surface area (TPSA) is 55.9 Å². The van der Waals surface area contributed by atoms with Crippen molar-refractivity contribution in [2.45, 2.75) is 13.5 Å². The smallest absolute Gasteiger partial charge is 0.226 e. The van der Waals surface area contributed by atoms with Crippen molar-refractivity contribution in [1.82, 2.24) is 19.9 Å². The number of oxazole rings is 1. The lowest BCUT2D eigenvalue weighted by Crippen LogP contribution is -2.11. The Balaban J connectivity index is 1.62. The van der Waals surface area contributed by atoms with Gasteiger partial charge in [-0.15, -0.1) is 0 Å². The van der Waals surface area contributed by atoms with Crippen LogP contribution in [-0.2, 0) is 6.54 Å². The molecule has 5 nitrogen and oxygen atoms in total. The monoisotopic (exact) mass is 318 g/mol. The predicted octanol–water partition coefficient (Wildman–Crippen LogP) is 3.79. The number of imidazole rings is 1. The quantitative estimate of drug-likeness (QED) is 0.608. The van der Waals surface area contributed by atoms with E-state index in [0.717, 1.165) is 41.1 Å². The van der Waals surface area contributed by atoms with Crippen molar-refractivity contribution in [2.75, 3.05) is 6.54 Å². The number of rotatable bonds is 5. The zero-order chi connectivity index (χ0) is 16.4. The normalized spacial score (nSPS) is 11.2. The van der Waals surface area contributed by atoms with Crippen molar-refractivity contribution >= 4 is 11.0 Å². The Bertz CT molecular complexity index is 953. The molecule has 4 aromatic rings. The minimum absolute atomic E-state index is 0.643. The lowest BCUT2D eigenvalue weighted by atomic mass is 10.2. The van der Waals surface area contributed by atoms with Crippen LogP contribution in [-0.4, -0.2) is 21.1 Å². The van der Waals surface area contributed by atoms with Crippen LogP contribution in [0.2, 0.25) is 0 Å². The Kier molecular flexibility index (Phi) is 3.84. The van der Waals surface area contributed by atoms with Crippen LogP contribution in [0.5, 0.6) is 0 Å². The first-order valence-corrected chi connectivity index (χ1v) is 8.03. The van der Waals surface area contributed by atoms with Gasteiger partial charge in [0.1, 0.15) is 12.6 Å². The summed E-state index contributed by atoms with van der Waals surface area (Å²) in [6, 6.07) is 16.2. The summed E-state index contributed by atoms with van der Waals surface area (Å²) in [7, 11) is 0. The molecule has 0 fully saturated rings. The van der Waals surface area contributed by atoms with Gasteiger partial charge in [0.2, 0.25) is 5.89 Å². The van der Waals surface area contributed by atoms with Crippen molar-refractivity contribution in [1.29, 1.82) is 0 Å². The zero-order valence-electron chi connectivity index (χ0n) is 13.4. The molecule has 0 aliphatic heterocycles. The fraction of sp³-hybridized carbons (Fsp3) is 0.158. The Morgan fingerprint density at radius 1 is 1.08 bits per heavy atom. The highest BCUT2D eigenvalue weighted by Crippen LogP contribution is 2.23. The van der Waals surface area contributed by atoms with Crippen LogP contribution in [0, 0.1) is 0 Å². The molecule has 0 spiro atoms. The fourth-order valence-electron chi connectivity index (χ4n) is 2.70. The molecule has 2 heterocycles. The molecule has 4 rings (SSSR count). The molecule has 2 aromatic heterocycles. The molecule has 0 aliphatic rings. The molecule has 0 aliphatic carbocycles. The number of aromatic nitrogens is 3. The van der Waals surface area contributed by atoms with Gasteiger partial charge in [-0.1, -0.05) is 19.1 Å². The van der Waals surface area contributed by atoms with E-state index in [1.165, 1.54) is 0 Å². The van der Waals surface area contributed by atoms with Crippen molar-refractivity contribution in [3.05, 3.63) is 66.8 Å². The summed E-state index contributed by atoms with van der Waals surface area (Å²) in [6.45, 7) is 3.70. The third-order valence-electron chi connectivity index (χ3n) is 3.95. The third-order valence-corrected chi connectivity index (χ3v) is 3.95. The minimum atomic E-state index is 0.643. The van der Waals surface area contributed by atoms with Crippen molar-refractivity contribution < 1.29 is 4.42 Å². The molecule has 0 saturated carbocycles. The molecule has 5 heteroatoms. The Labute approximate surface area is 140 Å². The first-order chi connectivity index (χ1) is 11.8. The van der Waals surface area contributed by atoms with E-state index in [4.69, 9.17) is 4.42 Å². The van der Waals surface area contributed by atoms with Crippen LogP contribution >= 0.6 is 0 Å². The van der Waals surface area contributed by atoms with Crippen molar-refractivity contribution in [3.8, 4) is 17.1 Å². The van der Waals surface area contributed by atoms with E-state index in [9.17, 15) is 0 Å². The van der Waals surface area contributed by atoms with Crippen LogP contribution in [0.15, 0.2) is 65.5 Å². The third kappa shape index (κ3) is 2.70. The van der Waals surface area contributed by atoms with Crippen LogP contribution in [0.25, 0.3) is 28.2 Å². The van der Waals surface area contributed by atoms with Gasteiger partial charge in [-0.25, -0.2) is 9.97 Å². The second kappa shape index (κ2) is 6.29. The zero-order valence-corrected chi connectivity index (χ0v) is 13.4. The molecular weight excluding hydrogens is 300 g/mol. The highest BCUT2D eigenvalue weighted by atomic mass is 16.3. The van der Waals surface area contributed by atoms with Crippen LogP contribution in [0.3, 0.4) is 0 Å². The number of benzene rings is 2. The largest absolute Gasteiger partial charge is 0.444 e. The number of nitrogens with zero attached hydrogens (tertiary/aromatic N) is 3. The van der Waals surface area contributed by atoms with E-state index in [-0.39, 0.29) is 0 Å². The van der Waals surface area contributed by atoms with Gasteiger partial charge < -0.3 is 9.73 Å². The second-order valence-corrected chi connectivity index (χ2v) is 5.57. The summed E-state index contributed by atoms with van der Waals surface area (Å²) in [5.74, 6) is 0.643. The molecule has 1 N–H and O–H groups in total. The number of nitrogens with one attached hydrogen (secondary N) is 1. The van der Waals surface area contributed by atoms with Gasteiger partial charge in [-0.2, -0.15) is 0 Å². The molecule has 0 atom stereocenters. The van der Waals surface area contributed by atoms with E-state index < -0.39 is 0 Å². The Morgan fingerprint density at radius 3 is 2.75 bits per heavy atom. The summed E-state index contributed by atoms with van der Waals surface area (Å²) in [6.07, 6.45) is 3.55. The summed E-state index contributed by atoms with van der Waals surface area (Å²) < 4.78 is 7.65. The lowest BCUT2D eigenvalue weighted by Gasteiger charge is -2.04. The van der Waals surface area contributed by atoms with Gasteiger partial charge >= 0.3 is 0 Å². The van der Waals surface area contributed by atoms with E-state index in [1.54, 1.807) is 6.26 Å². The van der Waals surface area contributed by atoms with Crippen molar-refractivity contribution in [2.24, 2.45) is 0 Å². The van der Waals surface area contributed by atoms with Gasteiger partial charge in [0, 0.05) is 17.8 Å². The minimum Gasteiger partial charge on any atom is -0.444 e. The lowest BCUT2D eigenvalue weighted by molar-refractivity contribution is 0.570. The van der Waals surface area contributed by atoms with Crippen LogP contribution < -0.4 is 5.32 Å². The fourth-order valence-corrected chi connectivity index (χ4v) is 2.70. The molecule has 24 heavy (non-hydrogen) atoms. The average molecular weight is 318 g/mol. The van der Waals surface area contributed by atoms with Gasteiger partial charge in [-0.05, 0) is 42.9 Å². The molecule has 0 radical (unpaired) electrons. The van der Waals surface area contributed by atoms with Gasteiger partial charge in [0.15, 0.2) is 0 Å². The van der Waals surface area contributed by atoms with Crippen LogP contribution in [0.4, 0.5) is 0 Å². The maximum atomic E-state index is 5.58. The van der Waals surface area contributed by atoms with E-state index in [0.29, 0.717) is 5.89 Å². The van der Waals surface area contributed by atoms with E-state index in [1.807, 2.05) is 36.7 Å². The SMILES string of the molecule is CCNCc1coc(-c2ccc(-n3cnc4ccccc43)cc2)n1. The summed E-state index contributed by atoms with van der Waals surface area (Å²) in [5.41, 5.74) is 5.02. The first-order valence-electron chi connectivity index (χ1n) is 8.03. The van der Waals surface area contributed by atoms with Gasteiger partial charge in [0.05, 0.1) is 16.7 Å². The first kappa shape index (κ1) is 14.7. The standard InChI is InChI=1S/C19H18N4O/c1-2-20-11-15-12-24-19(22-15)14-7-9-16(10-8-14)23-13-21-17-5-3-4-6-18(17)23/h3-10,12-13,20H,2,11H2,1H3. The highest BCUT2D eigenvalue weighted by Gasteiger charge is 2.08. The van der Waals surface area contributed by atoms with Crippen molar-refractivity contribution in [3.63, 3.8) is 0 Å². The number of hydrogen-bond acceptors (Lipinski definition) is 4. The summed E-state index contributed by atoms with van der Waals surface area (Å²) >= 11 is 0. The summed E-state index contributed by atoms with van der Waals surface area (Å²) in [4.78, 5) is 8.94. The Hall–Kier alpha value is -2.92. The second-order valence-electron chi connectivity index (χ2n) is 5.57. The number of para-hydroxylation sites is 2. The number of fused-ring (bicyclic) bond motifs is 1. The van der Waals surface area contributed by atoms with E-state index in [2.05, 4.69) is 45.0 Å². The maximum Gasteiger partial charge on any atom is 0.226 e. The maximum absolute atomic E-state index is 5.58. The molecule has 120 valence electrons. The molecule has 0 saturated heterocycles. The van der Waals surface area contributed by atoms with E-state index >= 15 is 0 Å². The van der Waals surface area contributed by atoms with Crippen LogP contribution in [0.1, 0.15) is 12.6 Å². The highest BCUT2D eigenvalue weighted by molar-refractivity contribution is 5.77.